The van der Waals surface area contributed by atoms with Crippen LogP contribution in [0.4, 0.5) is 0 Å². The van der Waals surface area contributed by atoms with Crippen LogP contribution in [0, 0.1) is 0 Å². The minimum atomic E-state index is -0.0617. The summed E-state index contributed by atoms with van der Waals surface area (Å²) in [5.74, 6) is 0.791. The Labute approximate surface area is 108 Å². The Hall–Kier alpha value is -1.13. The van der Waals surface area contributed by atoms with Crippen molar-refractivity contribution in [3.05, 3.63) is 17.7 Å². The van der Waals surface area contributed by atoms with Gasteiger partial charge in [0.25, 0.3) is 0 Å². The lowest BCUT2D eigenvalue weighted by atomic mass is 10.0. The van der Waals surface area contributed by atoms with Crippen molar-refractivity contribution in [1.82, 2.24) is 0 Å². The summed E-state index contributed by atoms with van der Waals surface area (Å²) in [7, 11) is 3.01. The van der Waals surface area contributed by atoms with Gasteiger partial charge in [0, 0.05) is 6.04 Å². The molecule has 0 aliphatic heterocycles. The van der Waals surface area contributed by atoms with Crippen molar-refractivity contribution in [1.29, 1.82) is 0 Å². The summed E-state index contributed by atoms with van der Waals surface area (Å²) in [5.41, 5.74) is 6.92. The molecule has 0 aliphatic rings. The first-order valence-electron chi connectivity index (χ1n) is 5.34. The standard InChI is InChI=1S/C12H19NO3.ClH/c1-4-5-9(13)8-6-10(15-2)12(14)11(7-8)16-3;/h6-7,9,14H,4-5,13H2,1-3H3;1H/t9-;/m1./s1. The molecule has 0 saturated heterocycles. The smallest absolute Gasteiger partial charge is 0.200 e. The van der Waals surface area contributed by atoms with Crippen LogP contribution in [-0.4, -0.2) is 19.3 Å². The van der Waals surface area contributed by atoms with Gasteiger partial charge in [-0.25, -0.2) is 0 Å². The third-order valence-electron chi connectivity index (χ3n) is 2.53. The number of halogens is 1. The van der Waals surface area contributed by atoms with Crippen LogP contribution in [0.2, 0.25) is 0 Å². The summed E-state index contributed by atoms with van der Waals surface area (Å²) in [6.45, 7) is 2.08. The first kappa shape index (κ1) is 15.9. The van der Waals surface area contributed by atoms with Crippen LogP contribution < -0.4 is 15.2 Å². The molecular formula is C12H20ClNO3. The highest BCUT2D eigenvalue weighted by Gasteiger charge is 2.14. The van der Waals surface area contributed by atoms with E-state index >= 15 is 0 Å². The van der Waals surface area contributed by atoms with E-state index in [1.165, 1.54) is 14.2 Å². The molecule has 98 valence electrons. The number of nitrogens with two attached hydrogens (primary N) is 1. The highest BCUT2D eigenvalue weighted by atomic mass is 35.5. The van der Waals surface area contributed by atoms with Crippen LogP contribution in [0.5, 0.6) is 17.2 Å². The molecule has 5 heteroatoms. The van der Waals surface area contributed by atoms with E-state index in [0.29, 0.717) is 11.5 Å². The maximum Gasteiger partial charge on any atom is 0.200 e. The average molecular weight is 262 g/mol. The van der Waals surface area contributed by atoms with Gasteiger partial charge in [-0.2, -0.15) is 0 Å². The van der Waals surface area contributed by atoms with E-state index in [1.807, 2.05) is 0 Å². The second-order valence-electron chi connectivity index (χ2n) is 3.67. The van der Waals surface area contributed by atoms with Gasteiger partial charge in [0.05, 0.1) is 14.2 Å². The summed E-state index contributed by atoms with van der Waals surface area (Å²) in [6.07, 6.45) is 1.89. The van der Waals surface area contributed by atoms with Gasteiger partial charge in [-0.05, 0) is 24.1 Å². The Morgan fingerprint density at radius 2 is 1.71 bits per heavy atom. The average Bonchev–Trinajstić information content (AvgIpc) is 2.29. The van der Waals surface area contributed by atoms with Gasteiger partial charge in [-0.1, -0.05) is 13.3 Å². The number of phenols is 1. The minimum Gasteiger partial charge on any atom is -0.502 e. The van der Waals surface area contributed by atoms with E-state index in [-0.39, 0.29) is 24.2 Å². The summed E-state index contributed by atoms with van der Waals surface area (Å²) < 4.78 is 10.1. The molecule has 1 aromatic rings. The van der Waals surface area contributed by atoms with Crippen LogP contribution in [0.25, 0.3) is 0 Å². The van der Waals surface area contributed by atoms with Crippen LogP contribution in [-0.2, 0) is 0 Å². The Bertz CT molecular complexity index is 333. The number of ether oxygens (including phenoxy) is 2. The number of hydrogen-bond donors (Lipinski definition) is 2. The van der Waals surface area contributed by atoms with Crippen molar-refractivity contribution in [2.24, 2.45) is 5.73 Å². The van der Waals surface area contributed by atoms with E-state index in [2.05, 4.69) is 6.92 Å². The van der Waals surface area contributed by atoms with Gasteiger partial charge in [-0.15, -0.1) is 12.4 Å². The van der Waals surface area contributed by atoms with Gasteiger partial charge in [0.15, 0.2) is 11.5 Å². The number of phenolic OH excluding ortho intramolecular Hbond substituents is 1. The normalized spacial score (nSPS) is 11.5. The second-order valence-corrected chi connectivity index (χ2v) is 3.67. The largest absolute Gasteiger partial charge is 0.502 e. The van der Waals surface area contributed by atoms with Crippen molar-refractivity contribution >= 4 is 12.4 Å². The molecule has 0 aliphatic carbocycles. The Morgan fingerprint density at radius 1 is 1.24 bits per heavy atom. The van der Waals surface area contributed by atoms with E-state index in [4.69, 9.17) is 15.2 Å². The molecule has 0 unspecified atom stereocenters. The second kappa shape index (κ2) is 7.25. The van der Waals surface area contributed by atoms with Gasteiger partial charge >= 0.3 is 0 Å². The molecule has 0 bridgehead atoms. The van der Waals surface area contributed by atoms with Crippen LogP contribution in [0.15, 0.2) is 12.1 Å². The number of rotatable bonds is 5. The molecule has 0 spiro atoms. The molecule has 1 rings (SSSR count). The first-order valence-corrected chi connectivity index (χ1v) is 5.34. The predicted molar refractivity (Wildman–Crippen MR) is 70.3 cm³/mol. The maximum atomic E-state index is 9.73. The monoisotopic (exact) mass is 261 g/mol. The fourth-order valence-electron chi connectivity index (χ4n) is 1.61. The van der Waals surface area contributed by atoms with Crippen molar-refractivity contribution in [3.8, 4) is 17.2 Å². The lowest BCUT2D eigenvalue weighted by Crippen LogP contribution is -2.10. The van der Waals surface area contributed by atoms with Crippen molar-refractivity contribution in [2.45, 2.75) is 25.8 Å². The Morgan fingerprint density at radius 3 is 2.06 bits per heavy atom. The third-order valence-corrected chi connectivity index (χ3v) is 2.53. The molecular weight excluding hydrogens is 242 g/mol. The maximum absolute atomic E-state index is 9.73. The van der Waals surface area contributed by atoms with Crippen molar-refractivity contribution in [3.63, 3.8) is 0 Å². The number of aromatic hydroxyl groups is 1. The fraction of sp³-hybridized carbons (Fsp3) is 0.500. The van der Waals surface area contributed by atoms with E-state index < -0.39 is 0 Å². The number of hydrogen-bond acceptors (Lipinski definition) is 4. The quantitative estimate of drug-likeness (QED) is 0.855. The summed E-state index contributed by atoms with van der Waals surface area (Å²) in [5, 5.41) is 9.73. The summed E-state index contributed by atoms with van der Waals surface area (Å²) in [4.78, 5) is 0. The van der Waals surface area contributed by atoms with Crippen LogP contribution >= 0.6 is 12.4 Å². The van der Waals surface area contributed by atoms with Crippen molar-refractivity contribution in [2.75, 3.05) is 14.2 Å². The fourth-order valence-corrected chi connectivity index (χ4v) is 1.61. The molecule has 0 heterocycles. The minimum absolute atomic E-state index is 0. The molecule has 0 fully saturated rings. The van der Waals surface area contributed by atoms with Gasteiger partial charge < -0.3 is 20.3 Å². The predicted octanol–water partition coefficient (Wildman–Crippen LogP) is 2.63. The molecule has 3 N–H and O–H groups in total. The molecule has 0 radical (unpaired) electrons. The Kier molecular flexibility index (Phi) is 6.76. The highest BCUT2D eigenvalue weighted by molar-refractivity contribution is 5.85. The zero-order valence-electron chi connectivity index (χ0n) is 10.4. The summed E-state index contributed by atoms with van der Waals surface area (Å²) >= 11 is 0. The highest BCUT2D eigenvalue weighted by Crippen LogP contribution is 2.38. The van der Waals surface area contributed by atoms with Crippen molar-refractivity contribution < 1.29 is 14.6 Å². The number of benzene rings is 1. The van der Waals surface area contributed by atoms with Crippen LogP contribution in [0.1, 0.15) is 31.4 Å². The summed E-state index contributed by atoms with van der Waals surface area (Å²) in [6, 6.07) is 3.43. The van der Waals surface area contributed by atoms with E-state index in [9.17, 15) is 5.11 Å². The van der Waals surface area contributed by atoms with E-state index in [1.54, 1.807) is 12.1 Å². The molecule has 17 heavy (non-hydrogen) atoms. The molecule has 1 aromatic carbocycles. The SMILES string of the molecule is CCC[C@@H](N)c1cc(OC)c(O)c(OC)c1.Cl. The zero-order chi connectivity index (χ0) is 12.1. The lowest BCUT2D eigenvalue weighted by Gasteiger charge is -2.15. The Balaban J connectivity index is 0.00000256. The number of methoxy groups -OCH3 is 2. The third kappa shape index (κ3) is 3.68. The van der Waals surface area contributed by atoms with Crippen LogP contribution in [0.3, 0.4) is 0 Å². The first-order chi connectivity index (χ1) is 7.63. The molecule has 0 saturated carbocycles. The molecule has 4 nitrogen and oxygen atoms in total. The van der Waals surface area contributed by atoms with Gasteiger partial charge in [0.2, 0.25) is 5.75 Å². The lowest BCUT2D eigenvalue weighted by molar-refractivity contribution is 0.338. The molecule has 1 atom stereocenters. The topological polar surface area (TPSA) is 64.7 Å². The van der Waals surface area contributed by atoms with E-state index in [0.717, 1.165) is 18.4 Å². The van der Waals surface area contributed by atoms with Gasteiger partial charge in [-0.3, -0.25) is 0 Å². The molecule has 0 aromatic heterocycles. The van der Waals surface area contributed by atoms with Gasteiger partial charge in [0.1, 0.15) is 0 Å². The molecule has 0 amide bonds. The zero-order valence-corrected chi connectivity index (χ0v) is 11.2.